The molecule has 0 saturated carbocycles. The highest BCUT2D eigenvalue weighted by molar-refractivity contribution is 7.99. The molecule has 3 aromatic carbocycles. The highest BCUT2D eigenvalue weighted by Crippen LogP contribution is 2.28. The van der Waals surface area contributed by atoms with Gasteiger partial charge in [0.15, 0.2) is 5.16 Å². The van der Waals surface area contributed by atoms with Gasteiger partial charge in [-0.2, -0.15) is 0 Å². The summed E-state index contributed by atoms with van der Waals surface area (Å²) in [5.74, 6) is 2.32. The number of carbonyl (C=O) groups is 1. The molecule has 7 nitrogen and oxygen atoms in total. The van der Waals surface area contributed by atoms with Gasteiger partial charge in [0.1, 0.15) is 17.5 Å². The van der Waals surface area contributed by atoms with Gasteiger partial charge in [0.25, 0.3) is 0 Å². The Morgan fingerprint density at radius 3 is 2.29 bits per heavy atom. The molecule has 174 valence electrons. The van der Waals surface area contributed by atoms with Crippen molar-refractivity contribution in [1.82, 2.24) is 14.8 Å². The highest BCUT2D eigenvalue weighted by Gasteiger charge is 2.25. The van der Waals surface area contributed by atoms with Crippen molar-refractivity contribution in [1.29, 1.82) is 0 Å². The fourth-order valence-corrected chi connectivity index (χ4v) is 4.51. The maximum atomic E-state index is 13.1. The van der Waals surface area contributed by atoms with E-state index in [2.05, 4.69) is 27.6 Å². The number of hydrogen-bond donors (Lipinski definition) is 2. The molecule has 0 bridgehead atoms. The Labute approximate surface area is 203 Å². The van der Waals surface area contributed by atoms with Crippen LogP contribution < -0.4 is 15.8 Å². The molecule has 0 aliphatic carbocycles. The first-order chi connectivity index (χ1) is 16.6. The summed E-state index contributed by atoms with van der Waals surface area (Å²) in [4.78, 5) is 13.1. The predicted octanol–water partition coefficient (Wildman–Crippen LogP) is 5.58. The molecule has 34 heavy (non-hydrogen) atoms. The number of amides is 1. The molecule has 0 spiro atoms. The van der Waals surface area contributed by atoms with Gasteiger partial charge in [-0.1, -0.05) is 67.2 Å². The number of hydrogen-bond acceptors (Lipinski definition) is 6. The van der Waals surface area contributed by atoms with Crippen LogP contribution in [0.3, 0.4) is 0 Å². The Morgan fingerprint density at radius 2 is 1.62 bits per heavy atom. The van der Waals surface area contributed by atoms with Crippen molar-refractivity contribution >= 4 is 29.3 Å². The smallest absolute Gasteiger partial charge is 0.247 e. The van der Waals surface area contributed by atoms with Gasteiger partial charge < -0.3 is 15.8 Å². The van der Waals surface area contributed by atoms with Gasteiger partial charge in [0.2, 0.25) is 11.9 Å². The summed E-state index contributed by atoms with van der Waals surface area (Å²) in [6.07, 6.45) is 1.44. The Morgan fingerprint density at radius 1 is 0.971 bits per heavy atom. The minimum atomic E-state index is -0.519. The summed E-state index contributed by atoms with van der Waals surface area (Å²) in [7, 11) is 0. The van der Waals surface area contributed by atoms with Crippen molar-refractivity contribution in [2.24, 2.45) is 0 Å². The maximum absolute atomic E-state index is 13.1. The van der Waals surface area contributed by atoms with E-state index in [0.29, 0.717) is 23.0 Å². The molecule has 1 aromatic heterocycles. The fourth-order valence-electron chi connectivity index (χ4n) is 3.53. The summed E-state index contributed by atoms with van der Waals surface area (Å²) >= 11 is 1.55. The van der Waals surface area contributed by atoms with E-state index in [1.165, 1.54) is 5.56 Å². The first-order valence-corrected chi connectivity index (χ1v) is 12.1. The standard InChI is InChI=1S/C26H27N5O2S/c1-2-23(31-25(27)29-30-26(31)34-18-17-19-9-5-3-6-10-19)24(32)28-20-13-15-22(16-14-20)33-21-11-7-4-8-12-21/h3-16,23H,2,17-18H2,1H3,(H2,27,29)(H,28,32). The van der Waals surface area contributed by atoms with E-state index >= 15 is 0 Å². The van der Waals surface area contributed by atoms with Crippen LogP contribution in [-0.2, 0) is 11.2 Å². The zero-order valence-corrected chi connectivity index (χ0v) is 19.7. The molecular weight excluding hydrogens is 446 g/mol. The van der Waals surface area contributed by atoms with Crippen LogP contribution in [0.4, 0.5) is 11.6 Å². The average molecular weight is 474 g/mol. The highest BCUT2D eigenvalue weighted by atomic mass is 32.2. The van der Waals surface area contributed by atoms with Gasteiger partial charge in [-0.05, 0) is 54.8 Å². The number of carbonyl (C=O) groups excluding carboxylic acids is 1. The summed E-state index contributed by atoms with van der Waals surface area (Å²) in [6, 6.07) is 26.5. The zero-order valence-electron chi connectivity index (χ0n) is 18.9. The monoisotopic (exact) mass is 473 g/mol. The van der Waals surface area contributed by atoms with Crippen LogP contribution in [0.5, 0.6) is 11.5 Å². The number of nitrogens with zero attached hydrogens (tertiary/aromatic N) is 3. The molecule has 0 radical (unpaired) electrons. The first-order valence-electron chi connectivity index (χ1n) is 11.1. The zero-order chi connectivity index (χ0) is 23.8. The summed E-state index contributed by atoms with van der Waals surface area (Å²) < 4.78 is 7.53. The topological polar surface area (TPSA) is 95.1 Å². The third-order valence-electron chi connectivity index (χ3n) is 5.26. The third-order valence-corrected chi connectivity index (χ3v) is 6.20. The van der Waals surface area contributed by atoms with Gasteiger partial charge >= 0.3 is 0 Å². The summed E-state index contributed by atoms with van der Waals surface area (Å²) in [5, 5.41) is 11.9. The normalized spacial score (nSPS) is 11.7. The number of aryl methyl sites for hydroxylation is 1. The van der Waals surface area contributed by atoms with Gasteiger partial charge in [-0.15, -0.1) is 10.2 Å². The first kappa shape index (κ1) is 23.4. The van der Waals surface area contributed by atoms with E-state index in [4.69, 9.17) is 10.5 Å². The van der Waals surface area contributed by atoms with E-state index in [1.807, 2.05) is 79.7 Å². The molecule has 1 heterocycles. The van der Waals surface area contributed by atoms with E-state index < -0.39 is 6.04 Å². The lowest BCUT2D eigenvalue weighted by Gasteiger charge is -2.19. The molecule has 0 fully saturated rings. The molecule has 1 amide bonds. The molecule has 1 atom stereocenters. The predicted molar refractivity (Wildman–Crippen MR) is 136 cm³/mol. The second-order valence-electron chi connectivity index (χ2n) is 7.65. The van der Waals surface area contributed by atoms with Crippen LogP contribution in [0, 0.1) is 0 Å². The van der Waals surface area contributed by atoms with Crippen molar-refractivity contribution in [3.05, 3.63) is 90.5 Å². The van der Waals surface area contributed by atoms with Crippen molar-refractivity contribution in [2.75, 3.05) is 16.8 Å². The summed E-state index contributed by atoms with van der Waals surface area (Å²) in [6.45, 7) is 1.94. The van der Waals surface area contributed by atoms with E-state index in [9.17, 15) is 4.79 Å². The third kappa shape index (κ3) is 5.96. The quantitative estimate of drug-likeness (QED) is 0.292. The maximum Gasteiger partial charge on any atom is 0.247 e. The molecule has 1 unspecified atom stereocenters. The SMILES string of the molecule is CCC(C(=O)Nc1ccc(Oc2ccccc2)cc1)n1c(N)nnc1SCCc1ccccc1. The van der Waals surface area contributed by atoms with Crippen LogP contribution in [-0.4, -0.2) is 26.4 Å². The van der Waals surface area contributed by atoms with Gasteiger partial charge in [-0.25, -0.2) is 0 Å². The minimum Gasteiger partial charge on any atom is -0.457 e. The second-order valence-corrected chi connectivity index (χ2v) is 8.71. The van der Waals surface area contributed by atoms with Crippen molar-refractivity contribution in [3.8, 4) is 11.5 Å². The summed E-state index contributed by atoms with van der Waals surface area (Å²) in [5.41, 5.74) is 8.03. The van der Waals surface area contributed by atoms with E-state index in [0.717, 1.165) is 17.9 Å². The number of anilines is 2. The number of aromatic nitrogens is 3. The molecular formula is C26H27N5O2S. The van der Waals surface area contributed by atoms with Crippen LogP contribution in [0.15, 0.2) is 90.1 Å². The number of nitrogens with two attached hydrogens (primary N) is 1. The van der Waals surface area contributed by atoms with Crippen molar-refractivity contribution in [2.45, 2.75) is 31.0 Å². The fraction of sp³-hybridized carbons (Fsp3) is 0.192. The van der Waals surface area contributed by atoms with Crippen molar-refractivity contribution < 1.29 is 9.53 Å². The second kappa shape index (κ2) is 11.4. The van der Waals surface area contributed by atoms with Crippen molar-refractivity contribution in [3.63, 3.8) is 0 Å². The Kier molecular flexibility index (Phi) is 7.83. The van der Waals surface area contributed by atoms with Crippen LogP contribution in [0.1, 0.15) is 24.9 Å². The Hall–Kier alpha value is -3.78. The van der Waals surface area contributed by atoms with E-state index in [1.54, 1.807) is 16.3 Å². The Balaban J connectivity index is 1.40. The van der Waals surface area contributed by atoms with Gasteiger partial charge in [0, 0.05) is 11.4 Å². The molecule has 0 aliphatic rings. The van der Waals surface area contributed by atoms with Crippen LogP contribution in [0.25, 0.3) is 0 Å². The largest absolute Gasteiger partial charge is 0.457 e. The molecule has 0 aliphatic heterocycles. The molecule has 4 rings (SSSR count). The number of nitrogens with one attached hydrogen (secondary N) is 1. The molecule has 3 N–H and O–H groups in total. The molecule has 4 aromatic rings. The number of rotatable bonds is 10. The number of ether oxygens (including phenoxy) is 1. The lowest BCUT2D eigenvalue weighted by Crippen LogP contribution is -2.27. The number of benzene rings is 3. The average Bonchev–Trinajstić information content (AvgIpc) is 3.22. The molecule has 8 heteroatoms. The van der Waals surface area contributed by atoms with Gasteiger partial charge in [0.05, 0.1) is 0 Å². The van der Waals surface area contributed by atoms with Crippen LogP contribution in [0.2, 0.25) is 0 Å². The van der Waals surface area contributed by atoms with Gasteiger partial charge in [-0.3, -0.25) is 9.36 Å². The number of para-hydroxylation sites is 1. The number of nitrogen functional groups attached to an aromatic ring is 1. The van der Waals surface area contributed by atoms with E-state index in [-0.39, 0.29) is 11.9 Å². The molecule has 0 saturated heterocycles. The van der Waals surface area contributed by atoms with Crippen LogP contribution >= 0.6 is 11.8 Å². The number of thioether (sulfide) groups is 1. The minimum absolute atomic E-state index is 0.171. The lowest BCUT2D eigenvalue weighted by molar-refractivity contribution is -0.119. The lowest BCUT2D eigenvalue weighted by atomic mass is 10.2. The Bertz CT molecular complexity index is 1200.